The molecule has 1 aliphatic carbocycles. The third-order valence-corrected chi connectivity index (χ3v) is 5.47. The zero-order chi connectivity index (χ0) is 17.4. The van der Waals surface area contributed by atoms with E-state index in [2.05, 4.69) is 39.1 Å². The molecule has 24 heavy (non-hydrogen) atoms. The van der Waals surface area contributed by atoms with Crippen molar-refractivity contribution in [3.63, 3.8) is 0 Å². The number of rotatable bonds is 6. The average Bonchev–Trinajstić information content (AvgIpc) is 3.30. The summed E-state index contributed by atoms with van der Waals surface area (Å²) in [6, 6.07) is 8.11. The molecular formula is C19H28BNO3. The van der Waals surface area contributed by atoms with Crippen LogP contribution in [0.4, 0.5) is 0 Å². The maximum Gasteiger partial charge on any atom is 0.495 e. The Morgan fingerprint density at radius 3 is 2.42 bits per heavy atom. The molecule has 2 aliphatic rings. The number of benzene rings is 1. The highest BCUT2D eigenvalue weighted by atomic mass is 16.7. The Labute approximate surface area is 145 Å². The van der Waals surface area contributed by atoms with Crippen LogP contribution < -0.4 is 10.8 Å². The zero-order valence-corrected chi connectivity index (χ0v) is 15.2. The molecule has 5 heteroatoms. The van der Waals surface area contributed by atoms with Crippen LogP contribution in [0.15, 0.2) is 24.3 Å². The van der Waals surface area contributed by atoms with Crippen molar-refractivity contribution in [1.82, 2.24) is 5.32 Å². The number of hydrogen-bond donors (Lipinski definition) is 1. The topological polar surface area (TPSA) is 47.6 Å². The molecule has 1 N–H and O–H groups in total. The second kappa shape index (κ2) is 6.53. The third-order valence-electron chi connectivity index (χ3n) is 5.47. The van der Waals surface area contributed by atoms with E-state index in [9.17, 15) is 4.79 Å². The van der Waals surface area contributed by atoms with Gasteiger partial charge in [0.25, 0.3) is 0 Å². The largest absolute Gasteiger partial charge is 0.495 e. The minimum absolute atomic E-state index is 0.130. The molecule has 0 spiro atoms. The summed E-state index contributed by atoms with van der Waals surface area (Å²) < 4.78 is 12.3. The molecule has 0 atom stereocenters. The first-order chi connectivity index (χ1) is 11.3. The van der Waals surface area contributed by atoms with Crippen LogP contribution in [0.5, 0.6) is 0 Å². The van der Waals surface area contributed by atoms with Crippen molar-refractivity contribution in [1.29, 1.82) is 0 Å². The molecule has 0 aromatic heterocycles. The van der Waals surface area contributed by atoms with Crippen molar-refractivity contribution in [2.24, 2.45) is 5.92 Å². The molecule has 4 nitrogen and oxygen atoms in total. The number of amides is 1. The fourth-order valence-electron chi connectivity index (χ4n) is 2.88. The van der Waals surface area contributed by atoms with Crippen LogP contribution in [0.1, 0.15) is 52.5 Å². The van der Waals surface area contributed by atoms with E-state index in [1.165, 1.54) is 12.8 Å². The Bertz CT molecular complexity index is 594. The molecule has 0 bridgehead atoms. The van der Waals surface area contributed by atoms with Gasteiger partial charge in [-0.3, -0.25) is 4.79 Å². The van der Waals surface area contributed by atoms with Gasteiger partial charge in [-0.05, 0) is 63.9 Å². The summed E-state index contributed by atoms with van der Waals surface area (Å²) >= 11 is 0. The maximum absolute atomic E-state index is 12.0. The fraction of sp³-hybridized carbons (Fsp3) is 0.632. The summed E-state index contributed by atoms with van der Waals surface area (Å²) in [5, 5.41) is 3.03. The van der Waals surface area contributed by atoms with Gasteiger partial charge in [-0.2, -0.15) is 0 Å². The standard InChI is InChI=1S/C19H28BNO3/c1-18(2)19(3,4)24-20(23-18)16-8-6-5-7-15(16)11-12-17(22)21-13-14-9-10-14/h5-8,14H,9-13H2,1-4H3,(H,21,22). The zero-order valence-electron chi connectivity index (χ0n) is 15.2. The van der Waals surface area contributed by atoms with Crippen molar-refractivity contribution in [3.05, 3.63) is 29.8 Å². The minimum Gasteiger partial charge on any atom is -0.399 e. The van der Waals surface area contributed by atoms with Crippen molar-refractivity contribution in [3.8, 4) is 0 Å². The van der Waals surface area contributed by atoms with E-state index in [-0.39, 0.29) is 24.2 Å². The molecular weight excluding hydrogens is 301 g/mol. The van der Waals surface area contributed by atoms with Crippen LogP contribution >= 0.6 is 0 Å². The number of carbonyl (C=O) groups excluding carboxylic acids is 1. The van der Waals surface area contributed by atoms with Gasteiger partial charge in [0.15, 0.2) is 0 Å². The monoisotopic (exact) mass is 329 g/mol. The van der Waals surface area contributed by atoms with Gasteiger partial charge in [-0.15, -0.1) is 0 Å². The molecule has 1 aliphatic heterocycles. The molecule has 1 amide bonds. The number of nitrogens with one attached hydrogen (secondary N) is 1. The van der Waals surface area contributed by atoms with Gasteiger partial charge in [-0.25, -0.2) is 0 Å². The molecule has 1 aromatic carbocycles. The molecule has 1 heterocycles. The fourth-order valence-corrected chi connectivity index (χ4v) is 2.88. The van der Waals surface area contributed by atoms with Gasteiger partial charge in [0.1, 0.15) is 0 Å². The predicted molar refractivity (Wildman–Crippen MR) is 96.2 cm³/mol. The van der Waals surface area contributed by atoms with Crippen LogP contribution in [0, 0.1) is 5.92 Å². The van der Waals surface area contributed by atoms with Gasteiger partial charge in [0, 0.05) is 13.0 Å². The first-order valence-electron chi connectivity index (χ1n) is 8.99. The highest BCUT2D eigenvalue weighted by Crippen LogP contribution is 2.36. The number of aryl methyl sites for hydroxylation is 1. The lowest BCUT2D eigenvalue weighted by atomic mass is 9.75. The van der Waals surface area contributed by atoms with E-state index in [0.29, 0.717) is 18.8 Å². The van der Waals surface area contributed by atoms with E-state index in [4.69, 9.17) is 9.31 Å². The first-order valence-corrected chi connectivity index (χ1v) is 8.99. The summed E-state index contributed by atoms with van der Waals surface area (Å²) in [5.41, 5.74) is 1.45. The summed E-state index contributed by atoms with van der Waals surface area (Å²) in [6.45, 7) is 9.06. The SMILES string of the molecule is CC1(C)OB(c2ccccc2CCC(=O)NCC2CC2)OC1(C)C. The molecule has 3 rings (SSSR count). The van der Waals surface area contributed by atoms with Crippen LogP contribution in [-0.4, -0.2) is 30.8 Å². The summed E-state index contributed by atoms with van der Waals surface area (Å²) in [4.78, 5) is 12.0. The lowest BCUT2D eigenvalue weighted by molar-refractivity contribution is -0.121. The van der Waals surface area contributed by atoms with E-state index < -0.39 is 0 Å². The van der Waals surface area contributed by atoms with Crippen molar-refractivity contribution < 1.29 is 14.1 Å². The Kier molecular flexibility index (Phi) is 4.76. The third kappa shape index (κ3) is 3.84. The van der Waals surface area contributed by atoms with Crippen molar-refractivity contribution in [2.75, 3.05) is 6.54 Å². The lowest BCUT2D eigenvalue weighted by Crippen LogP contribution is -2.41. The van der Waals surface area contributed by atoms with E-state index in [1.807, 2.05) is 18.2 Å². The molecule has 0 unspecified atom stereocenters. The van der Waals surface area contributed by atoms with E-state index in [0.717, 1.165) is 17.6 Å². The first kappa shape index (κ1) is 17.5. The summed E-state index contributed by atoms with van der Waals surface area (Å²) in [7, 11) is -0.374. The van der Waals surface area contributed by atoms with Crippen LogP contribution in [0.2, 0.25) is 0 Å². The Hall–Kier alpha value is -1.33. The summed E-state index contributed by atoms with van der Waals surface area (Å²) in [5.74, 6) is 0.844. The second-order valence-corrected chi connectivity index (χ2v) is 8.03. The van der Waals surface area contributed by atoms with Crippen LogP contribution in [0.25, 0.3) is 0 Å². The van der Waals surface area contributed by atoms with Crippen LogP contribution in [-0.2, 0) is 20.5 Å². The second-order valence-electron chi connectivity index (χ2n) is 8.03. The highest BCUT2D eigenvalue weighted by molar-refractivity contribution is 6.62. The number of hydrogen-bond acceptors (Lipinski definition) is 3. The molecule has 1 aromatic rings. The van der Waals surface area contributed by atoms with Crippen LogP contribution in [0.3, 0.4) is 0 Å². The maximum atomic E-state index is 12.0. The van der Waals surface area contributed by atoms with E-state index in [1.54, 1.807) is 0 Å². The predicted octanol–water partition coefficient (Wildman–Crippen LogP) is 2.44. The van der Waals surface area contributed by atoms with Gasteiger partial charge < -0.3 is 14.6 Å². The Balaban J connectivity index is 1.64. The highest BCUT2D eigenvalue weighted by Gasteiger charge is 2.52. The van der Waals surface area contributed by atoms with Gasteiger partial charge in [-0.1, -0.05) is 24.3 Å². The van der Waals surface area contributed by atoms with Crippen molar-refractivity contribution in [2.45, 2.75) is 64.6 Å². The lowest BCUT2D eigenvalue weighted by Gasteiger charge is -2.32. The van der Waals surface area contributed by atoms with Gasteiger partial charge in [0.2, 0.25) is 5.91 Å². The smallest absolute Gasteiger partial charge is 0.399 e. The summed E-state index contributed by atoms with van der Waals surface area (Å²) in [6.07, 6.45) is 3.72. The molecule has 1 saturated heterocycles. The van der Waals surface area contributed by atoms with Crippen molar-refractivity contribution >= 4 is 18.5 Å². The quantitative estimate of drug-likeness (QED) is 0.816. The Morgan fingerprint density at radius 2 is 1.79 bits per heavy atom. The average molecular weight is 329 g/mol. The molecule has 0 radical (unpaired) electrons. The molecule has 1 saturated carbocycles. The van der Waals surface area contributed by atoms with E-state index >= 15 is 0 Å². The Morgan fingerprint density at radius 1 is 1.17 bits per heavy atom. The molecule has 2 fully saturated rings. The number of carbonyl (C=O) groups is 1. The van der Waals surface area contributed by atoms with Gasteiger partial charge >= 0.3 is 7.12 Å². The normalized spacial score (nSPS) is 21.8. The molecule has 130 valence electrons. The minimum atomic E-state index is -0.374. The van der Waals surface area contributed by atoms with Gasteiger partial charge in [0.05, 0.1) is 11.2 Å².